The highest BCUT2D eigenvalue weighted by molar-refractivity contribution is 7.33. The molecular formula is C10H13N2S+. The van der Waals surface area contributed by atoms with Crippen LogP contribution < -0.4 is 4.90 Å². The zero-order valence-electron chi connectivity index (χ0n) is 8.11. The fourth-order valence-corrected chi connectivity index (χ4v) is 2.58. The van der Waals surface area contributed by atoms with E-state index in [-0.39, 0.29) is 10.5 Å². The Morgan fingerprint density at radius 1 is 1.31 bits per heavy atom. The van der Waals surface area contributed by atoms with Gasteiger partial charge in [0.15, 0.2) is 5.52 Å². The molecule has 1 atom stereocenters. The minimum Gasteiger partial charge on any atom is -0.376 e. The molecule has 0 aliphatic carbocycles. The first-order chi connectivity index (χ1) is 6.20. The van der Waals surface area contributed by atoms with E-state index in [0.717, 1.165) is 5.52 Å². The molecule has 0 N–H and O–H groups in total. The van der Waals surface area contributed by atoms with Gasteiger partial charge in [0.05, 0.1) is 5.69 Å². The molecule has 1 aromatic carbocycles. The van der Waals surface area contributed by atoms with Gasteiger partial charge in [-0.05, 0) is 6.07 Å². The van der Waals surface area contributed by atoms with Crippen molar-refractivity contribution in [3.63, 3.8) is 0 Å². The summed E-state index contributed by atoms with van der Waals surface area (Å²) in [6.07, 6.45) is 2.20. The maximum atomic E-state index is 4.45. The number of rotatable bonds is 1. The van der Waals surface area contributed by atoms with Gasteiger partial charge in [-0.3, -0.25) is 0 Å². The highest BCUT2D eigenvalue weighted by Crippen LogP contribution is 2.32. The summed E-state index contributed by atoms with van der Waals surface area (Å²) in [5.74, 6) is 0. The fraction of sp³-hybridized carbons (Fsp3) is 0.300. The Bertz CT molecular complexity index is 431. The second-order valence-corrected chi connectivity index (χ2v) is 5.08. The van der Waals surface area contributed by atoms with E-state index in [1.807, 2.05) is 5.51 Å². The highest BCUT2D eigenvalue weighted by Gasteiger charge is 2.12. The van der Waals surface area contributed by atoms with Crippen LogP contribution in [-0.2, 0) is 6.26 Å². The molecule has 2 aromatic rings. The molecule has 0 saturated carbocycles. The minimum absolute atomic E-state index is 0.207. The van der Waals surface area contributed by atoms with E-state index >= 15 is 0 Å². The topological polar surface area (TPSA) is 16.1 Å². The maximum Gasteiger partial charge on any atom is 0.230 e. The summed E-state index contributed by atoms with van der Waals surface area (Å²) < 4.78 is 1.37. The molecule has 0 fully saturated rings. The van der Waals surface area contributed by atoms with Crippen LogP contribution in [-0.4, -0.2) is 19.1 Å². The quantitative estimate of drug-likeness (QED) is 0.647. The maximum absolute atomic E-state index is 4.45. The van der Waals surface area contributed by atoms with E-state index in [4.69, 9.17) is 0 Å². The lowest BCUT2D eigenvalue weighted by Gasteiger charge is -2.11. The Morgan fingerprint density at radius 2 is 2.08 bits per heavy atom. The Morgan fingerprint density at radius 3 is 2.77 bits per heavy atom. The number of thiazole rings is 1. The van der Waals surface area contributed by atoms with E-state index in [1.165, 1.54) is 10.4 Å². The minimum atomic E-state index is 0.207. The Labute approximate surface area is 80.8 Å². The van der Waals surface area contributed by atoms with E-state index in [2.05, 4.69) is 48.4 Å². The van der Waals surface area contributed by atoms with Crippen molar-refractivity contribution in [2.24, 2.45) is 6.26 Å². The largest absolute Gasteiger partial charge is 0.376 e. The predicted molar refractivity (Wildman–Crippen MR) is 59.5 cm³/mol. The van der Waals surface area contributed by atoms with E-state index in [9.17, 15) is 0 Å². The van der Waals surface area contributed by atoms with Gasteiger partial charge in [-0.1, -0.05) is 6.07 Å². The third kappa shape index (κ3) is 1.29. The lowest BCUT2D eigenvalue weighted by Crippen LogP contribution is -2.08. The molecule has 1 heterocycles. The Balaban J connectivity index is 2.77. The van der Waals surface area contributed by atoms with E-state index in [1.54, 1.807) is 0 Å². The molecule has 0 spiro atoms. The lowest BCUT2D eigenvalue weighted by molar-refractivity contribution is 1.14. The zero-order chi connectivity index (χ0) is 9.42. The van der Waals surface area contributed by atoms with Gasteiger partial charge in [0.1, 0.15) is 6.26 Å². The standard InChI is InChI=1S/C10H13N2S/c1-12(2)8-5-4-6-9-10(8)11-7-13(9)3/h4-7H,1-3H3/q+1. The number of hydrogen-bond donors (Lipinski definition) is 0. The summed E-state index contributed by atoms with van der Waals surface area (Å²) >= 11 is 0. The Kier molecular flexibility index (Phi) is 1.96. The van der Waals surface area contributed by atoms with Crippen LogP contribution in [0.3, 0.4) is 0 Å². The number of anilines is 1. The van der Waals surface area contributed by atoms with Crippen LogP contribution in [0.5, 0.6) is 0 Å². The van der Waals surface area contributed by atoms with Gasteiger partial charge in [0, 0.05) is 30.6 Å². The van der Waals surface area contributed by atoms with Crippen molar-refractivity contribution in [1.29, 1.82) is 0 Å². The smallest absolute Gasteiger partial charge is 0.230 e. The van der Waals surface area contributed by atoms with Crippen molar-refractivity contribution in [1.82, 2.24) is 4.98 Å². The second kappa shape index (κ2) is 3.00. The average Bonchev–Trinajstić information content (AvgIpc) is 2.48. The van der Waals surface area contributed by atoms with Crippen molar-refractivity contribution in [3.8, 4) is 0 Å². The zero-order valence-corrected chi connectivity index (χ0v) is 8.93. The predicted octanol–water partition coefficient (Wildman–Crippen LogP) is 2.59. The molecule has 0 amide bonds. The van der Waals surface area contributed by atoms with Gasteiger partial charge in [-0.25, -0.2) is 0 Å². The van der Waals surface area contributed by atoms with Crippen LogP contribution >= 0.6 is 10.5 Å². The monoisotopic (exact) mass is 193 g/mol. The van der Waals surface area contributed by atoms with Gasteiger partial charge >= 0.3 is 0 Å². The van der Waals surface area contributed by atoms with Crippen LogP contribution in [0, 0.1) is 0 Å². The molecule has 0 bridgehead atoms. The van der Waals surface area contributed by atoms with Crippen molar-refractivity contribution >= 4 is 26.4 Å². The van der Waals surface area contributed by atoms with Crippen LogP contribution in [0.1, 0.15) is 0 Å². The summed E-state index contributed by atoms with van der Waals surface area (Å²) in [4.78, 5) is 6.56. The summed E-state index contributed by atoms with van der Waals surface area (Å²) in [7, 11) is 4.31. The number of aromatic nitrogens is 1. The second-order valence-electron chi connectivity index (χ2n) is 3.31. The van der Waals surface area contributed by atoms with Crippen LogP contribution in [0.4, 0.5) is 5.69 Å². The first-order valence-electron chi connectivity index (χ1n) is 4.19. The van der Waals surface area contributed by atoms with Crippen LogP contribution in [0.2, 0.25) is 0 Å². The fourth-order valence-electron chi connectivity index (χ4n) is 1.45. The molecule has 0 aliphatic heterocycles. The SMILES string of the molecule is CN(C)c1cccc2c1nc[s+]2C. The van der Waals surface area contributed by atoms with Gasteiger partial charge < -0.3 is 4.90 Å². The summed E-state index contributed by atoms with van der Waals surface area (Å²) in [5.41, 5.74) is 4.40. The van der Waals surface area contributed by atoms with Crippen LogP contribution in [0.25, 0.3) is 10.2 Å². The van der Waals surface area contributed by atoms with E-state index in [0.29, 0.717) is 0 Å². The normalized spacial score (nSPS) is 12.1. The molecule has 0 aliphatic rings. The molecule has 68 valence electrons. The van der Waals surface area contributed by atoms with Crippen molar-refractivity contribution in [2.45, 2.75) is 0 Å². The first-order valence-corrected chi connectivity index (χ1v) is 5.89. The van der Waals surface area contributed by atoms with Crippen molar-refractivity contribution < 1.29 is 0 Å². The molecule has 0 saturated heterocycles. The molecule has 3 heteroatoms. The van der Waals surface area contributed by atoms with Crippen LogP contribution in [0.15, 0.2) is 23.7 Å². The first kappa shape index (κ1) is 8.51. The molecule has 13 heavy (non-hydrogen) atoms. The third-order valence-corrected chi connectivity index (χ3v) is 3.59. The van der Waals surface area contributed by atoms with Gasteiger partial charge in [0.2, 0.25) is 10.2 Å². The highest BCUT2D eigenvalue weighted by atomic mass is 32.2. The number of hydrogen-bond acceptors (Lipinski definition) is 2. The summed E-state index contributed by atoms with van der Waals surface area (Å²) in [5, 5.41) is 0. The van der Waals surface area contributed by atoms with Gasteiger partial charge in [-0.15, -0.1) is 0 Å². The number of benzene rings is 1. The molecule has 1 unspecified atom stereocenters. The molecule has 2 rings (SSSR count). The Hall–Kier alpha value is -1.09. The van der Waals surface area contributed by atoms with E-state index < -0.39 is 0 Å². The molecule has 1 aromatic heterocycles. The average molecular weight is 193 g/mol. The summed E-state index contributed by atoms with van der Waals surface area (Å²) in [6, 6.07) is 6.38. The number of aryl methyl sites for hydroxylation is 1. The van der Waals surface area contributed by atoms with Crippen molar-refractivity contribution in [3.05, 3.63) is 23.7 Å². The lowest BCUT2D eigenvalue weighted by atomic mass is 10.3. The van der Waals surface area contributed by atoms with Gasteiger partial charge in [0.25, 0.3) is 0 Å². The third-order valence-electron chi connectivity index (χ3n) is 2.15. The number of nitrogens with zero attached hydrogens (tertiary/aromatic N) is 2. The molecule has 2 nitrogen and oxygen atoms in total. The van der Waals surface area contributed by atoms with Gasteiger partial charge in [-0.2, -0.15) is 4.98 Å². The molecule has 0 radical (unpaired) electrons. The molecular weight excluding hydrogens is 180 g/mol. The number of para-hydroxylation sites is 1. The van der Waals surface area contributed by atoms with Crippen molar-refractivity contribution in [2.75, 3.05) is 19.0 Å². The number of fused-ring (bicyclic) bond motifs is 1. The summed E-state index contributed by atoms with van der Waals surface area (Å²) in [6.45, 7) is 0.